The molecule has 1 heterocycles. The third-order valence-corrected chi connectivity index (χ3v) is 7.70. The van der Waals surface area contributed by atoms with Crippen molar-refractivity contribution < 1.29 is 22.8 Å². The fourth-order valence-electron chi connectivity index (χ4n) is 3.06. The molecule has 1 N–H and O–H groups in total. The summed E-state index contributed by atoms with van der Waals surface area (Å²) >= 11 is 1.07. The van der Waals surface area contributed by atoms with Gasteiger partial charge in [0, 0.05) is 36.3 Å². The highest BCUT2D eigenvalue weighted by molar-refractivity contribution is 8.13. The van der Waals surface area contributed by atoms with E-state index in [0.29, 0.717) is 18.5 Å². The van der Waals surface area contributed by atoms with Crippen LogP contribution in [0.1, 0.15) is 33.6 Å². The molecule has 0 aromatic heterocycles. The van der Waals surface area contributed by atoms with E-state index in [-0.39, 0.29) is 27.3 Å². The van der Waals surface area contributed by atoms with Crippen LogP contribution < -0.4 is 5.32 Å². The smallest absolute Gasteiger partial charge is 0.285 e. The summed E-state index contributed by atoms with van der Waals surface area (Å²) in [6, 6.07) is 10.5. The van der Waals surface area contributed by atoms with Crippen molar-refractivity contribution in [3.05, 3.63) is 53.6 Å². The fourth-order valence-corrected chi connectivity index (χ4v) is 5.56. The number of carbonyl (C=O) groups is 3. The largest absolute Gasteiger partial charge is 0.339 e. The maximum absolute atomic E-state index is 12.7. The molecule has 1 aliphatic carbocycles. The standard InChI is InChI=1S/C20H19N3O5S2/c1-22(2)20(26)29-15-8-4-13(5-9-15)21-18(24)12-3-10-16-17(11-12)30(27,28)23(19(16)25)14-6-7-14/h3-5,8-11,14H,6-7H2,1-2H3,(H,21,24). The number of amides is 3. The van der Waals surface area contributed by atoms with Crippen LogP contribution in [-0.4, -0.2) is 54.8 Å². The molecule has 8 nitrogen and oxygen atoms in total. The molecule has 2 aliphatic rings. The third-order valence-electron chi connectivity index (χ3n) is 4.77. The zero-order valence-electron chi connectivity index (χ0n) is 16.3. The van der Waals surface area contributed by atoms with E-state index >= 15 is 0 Å². The van der Waals surface area contributed by atoms with E-state index in [1.165, 1.54) is 23.1 Å². The molecule has 0 radical (unpaired) electrons. The van der Waals surface area contributed by atoms with Gasteiger partial charge in [0.05, 0.1) is 5.56 Å². The number of anilines is 1. The average molecular weight is 446 g/mol. The van der Waals surface area contributed by atoms with Gasteiger partial charge in [-0.25, -0.2) is 12.7 Å². The summed E-state index contributed by atoms with van der Waals surface area (Å²) in [5.41, 5.74) is 0.745. The Bertz CT molecular complexity index is 1160. The lowest BCUT2D eigenvalue weighted by atomic mass is 10.1. The summed E-state index contributed by atoms with van der Waals surface area (Å²) in [5, 5.41) is 2.59. The molecule has 3 amide bonds. The van der Waals surface area contributed by atoms with Gasteiger partial charge in [-0.1, -0.05) is 0 Å². The van der Waals surface area contributed by atoms with Crippen LogP contribution in [0.4, 0.5) is 10.5 Å². The average Bonchev–Trinajstić information content (AvgIpc) is 3.50. The highest BCUT2D eigenvalue weighted by Gasteiger charge is 2.48. The molecule has 0 saturated heterocycles. The number of nitrogens with zero attached hydrogens (tertiary/aromatic N) is 2. The number of hydrogen-bond acceptors (Lipinski definition) is 6. The van der Waals surface area contributed by atoms with E-state index in [1.54, 1.807) is 38.4 Å². The SMILES string of the molecule is CN(C)C(=O)Sc1ccc(NC(=O)c2ccc3c(c2)S(=O)(=O)N(C2CC2)C3=O)cc1. The second-order valence-electron chi connectivity index (χ2n) is 7.29. The van der Waals surface area contributed by atoms with Crippen LogP contribution in [0.5, 0.6) is 0 Å². The number of nitrogens with one attached hydrogen (secondary N) is 1. The van der Waals surface area contributed by atoms with E-state index in [1.807, 2.05) is 0 Å². The molecule has 0 spiro atoms. The molecule has 1 aliphatic heterocycles. The van der Waals surface area contributed by atoms with Crippen LogP contribution in [0, 0.1) is 0 Å². The van der Waals surface area contributed by atoms with Gasteiger partial charge in [-0.3, -0.25) is 14.4 Å². The summed E-state index contributed by atoms with van der Waals surface area (Å²) in [5.74, 6) is -1.02. The number of sulfonamides is 1. The first-order chi connectivity index (χ1) is 14.2. The molecular formula is C20H19N3O5S2. The van der Waals surface area contributed by atoms with Gasteiger partial charge in [-0.2, -0.15) is 0 Å². The molecule has 1 saturated carbocycles. The first-order valence-electron chi connectivity index (χ1n) is 9.22. The van der Waals surface area contributed by atoms with Crippen molar-refractivity contribution in [2.45, 2.75) is 28.7 Å². The van der Waals surface area contributed by atoms with Gasteiger partial charge in [-0.15, -0.1) is 0 Å². The van der Waals surface area contributed by atoms with Crippen LogP contribution in [0.2, 0.25) is 0 Å². The van der Waals surface area contributed by atoms with E-state index in [4.69, 9.17) is 0 Å². The molecule has 0 atom stereocenters. The monoisotopic (exact) mass is 445 g/mol. The molecule has 156 valence electrons. The minimum atomic E-state index is -3.92. The van der Waals surface area contributed by atoms with Gasteiger partial charge in [0.15, 0.2) is 0 Å². The number of rotatable bonds is 4. The van der Waals surface area contributed by atoms with Gasteiger partial charge in [-0.05, 0) is 67.1 Å². The minimum absolute atomic E-state index is 0.102. The Morgan fingerprint density at radius 1 is 1.10 bits per heavy atom. The predicted molar refractivity (Wildman–Crippen MR) is 112 cm³/mol. The summed E-state index contributed by atoms with van der Waals surface area (Å²) < 4.78 is 26.4. The van der Waals surface area contributed by atoms with Crippen LogP contribution in [0.15, 0.2) is 52.3 Å². The Kier molecular flexibility index (Phi) is 5.07. The Morgan fingerprint density at radius 2 is 1.77 bits per heavy atom. The molecule has 4 rings (SSSR count). The molecule has 1 fully saturated rings. The maximum Gasteiger partial charge on any atom is 0.285 e. The summed E-state index contributed by atoms with van der Waals surface area (Å²) in [7, 11) is -0.591. The molecule has 10 heteroatoms. The number of fused-ring (bicyclic) bond motifs is 1. The first kappa shape index (κ1) is 20.4. The number of carbonyl (C=O) groups excluding carboxylic acids is 3. The van der Waals surface area contributed by atoms with Crippen LogP contribution >= 0.6 is 11.8 Å². The molecular weight excluding hydrogens is 426 g/mol. The Labute approximate surface area is 178 Å². The van der Waals surface area contributed by atoms with Crippen LogP contribution in [0.25, 0.3) is 0 Å². The maximum atomic E-state index is 12.7. The van der Waals surface area contributed by atoms with Crippen molar-refractivity contribution in [1.29, 1.82) is 0 Å². The van der Waals surface area contributed by atoms with Crippen molar-refractivity contribution >= 4 is 44.5 Å². The second-order valence-corrected chi connectivity index (χ2v) is 10.1. The van der Waals surface area contributed by atoms with Gasteiger partial charge in [0.25, 0.3) is 27.1 Å². The van der Waals surface area contributed by atoms with Crippen molar-refractivity contribution in [2.24, 2.45) is 0 Å². The number of benzene rings is 2. The summed E-state index contributed by atoms with van der Waals surface area (Å²) in [6.45, 7) is 0. The lowest BCUT2D eigenvalue weighted by Crippen LogP contribution is -2.31. The zero-order valence-corrected chi connectivity index (χ0v) is 17.9. The predicted octanol–water partition coefficient (Wildman–Crippen LogP) is 3.02. The van der Waals surface area contributed by atoms with Gasteiger partial charge in [0.2, 0.25) is 0 Å². The molecule has 0 bridgehead atoms. The molecule has 30 heavy (non-hydrogen) atoms. The van der Waals surface area contributed by atoms with Crippen molar-refractivity contribution in [2.75, 3.05) is 19.4 Å². The molecule has 0 unspecified atom stereocenters. The van der Waals surface area contributed by atoms with E-state index in [9.17, 15) is 22.8 Å². The third kappa shape index (κ3) is 3.68. The fraction of sp³-hybridized carbons (Fsp3) is 0.250. The van der Waals surface area contributed by atoms with Crippen molar-refractivity contribution in [3.8, 4) is 0 Å². The second kappa shape index (κ2) is 7.44. The minimum Gasteiger partial charge on any atom is -0.339 e. The number of hydrogen-bond donors (Lipinski definition) is 1. The van der Waals surface area contributed by atoms with Gasteiger partial charge >= 0.3 is 0 Å². The lowest BCUT2D eigenvalue weighted by Gasteiger charge is -2.13. The molecule has 2 aromatic rings. The highest BCUT2D eigenvalue weighted by atomic mass is 32.2. The van der Waals surface area contributed by atoms with Crippen molar-refractivity contribution in [1.82, 2.24) is 9.21 Å². The van der Waals surface area contributed by atoms with Crippen molar-refractivity contribution in [3.63, 3.8) is 0 Å². The zero-order chi connectivity index (χ0) is 21.6. The quantitative estimate of drug-likeness (QED) is 0.726. The molecule has 2 aromatic carbocycles. The summed E-state index contributed by atoms with van der Waals surface area (Å²) in [6.07, 6.45) is 1.33. The van der Waals surface area contributed by atoms with Gasteiger partial charge in [0.1, 0.15) is 4.90 Å². The Morgan fingerprint density at radius 3 is 2.37 bits per heavy atom. The topological polar surface area (TPSA) is 104 Å². The Hall–Kier alpha value is -2.85. The highest BCUT2D eigenvalue weighted by Crippen LogP contribution is 2.39. The summed E-state index contributed by atoms with van der Waals surface area (Å²) in [4.78, 5) is 38.9. The van der Waals surface area contributed by atoms with E-state index in [2.05, 4.69) is 5.32 Å². The first-order valence-corrected chi connectivity index (χ1v) is 11.5. The van der Waals surface area contributed by atoms with Crippen LogP contribution in [0.3, 0.4) is 0 Å². The van der Waals surface area contributed by atoms with Crippen LogP contribution in [-0.2, 0) is 10.0 Å². The van der Waals surface area contributed by atoms with E-state index in [0.717, 1.165) is 21.0 Å². The number of thioether (sulfide) groups is 1. The van der Waals surface area contributed by atoms with Gasteiger partial charge < -0.3 is 10.2 Å². The Balaban J connectivity index is 1.51. The lowest BCUT2D eigenvalue weighted by molar-refractivity contribution is 0.0864. The van der Waals surface area contributed by atoms with E-state index < -0.39 is 21.8 Å². The normalized spacial score (nSPS) is 16.9.